The Kier molecular flexibility index (Phi) is 12.5. The van der Waals surface area contributed by atoms with Crippen molar-refractivity contribution in [2.45, 2.75) is 107 Å². The normalized spacial score (nSPS) is 22.8. The molecule has 2 fully saturated rings. The van der Waals surface area contributed by atoms with Crippen molar-refractivity contribution < 1.29 is 71.6 Å². The molecule has 16 heteroatoms. The third kappa shape index (κ3) is 8.14. The third-order valence-electron chi connectivity index (χ3n) is 7.92. The van der Waals surface area contributed by atoms with Gasteiger partial charge in [-0.25, -0.2) is 0 Å². The van der Waals surface area contributed by atoms with Gasteiger partial charge >= 0.3 is 24.7 Å². The van der Waals surface area contributed by atoms with Crippen LogP contribution in [0.4, 0.5) is 52.7 Å². The molecule has 0 radical (unpaired) electrons. The fourth-order valence-corrected chi connectivity index (χ4v) is 5.93. The molecule has 0 atom stereocenters. The lowest BCUT2D eigenvalue weighted by Crippen LogP contribution is -2.66. The monoisotopic (exact) mass is 628 g/mol. The number of rotatable bonds is 13. The van der Waals surface area contributed by atoms with Gasteiger partial charge in [-0.2, -0.15) is 52.7 Å². The van der Waals surface area contributed by atoms with Crippen LogP contribution in [0.5, 0.6) is 0 Å². The van der Waals surface area contributed by atoms with E-state index in [0.29, 0.717) is 19.3 Å². The molecule has 41 heavy (non-hydrogen) atoms. The molecular formula is C25H36F12O4. The summed E-state index contributed by atoms with van der Waals surface area (Å²) in [7, 11) is 0. The van der Waals surface area contributed by atoms with Gasteiger partial charge in [0.2, 0.25) is 0 Å². The smallest absolute Gasteiger partial charge is 0.379 e. The van der Waals surface area contributed by atoms with Crippen LogP contribution in [0.25, 0.3) is 0 Å². The van der Waals surface area contributed by atoms with Crippen molar-refractivity contribution in [2.24, 2.45) is 17.8 Å². The molecule has 4 nitrogen and oxygen atoms in total. The van der Waals surface area contributed by atoms with Gasteiger partial charge in [0.1, 0.15) is 6.79 Å². The molecule has 0 bridgehead atoms. The fraction of sp³-hybridized carbons (Fsp3) is 1.00. The van der Waals surface area contributed by atoms with Crippen LogP contribution in [-0.2, 0) is 18.9 Å². The maximum Gasteiger partial charge on any atom is 0.426 e. The molecule has 0 unspecified atom stereocenters. The van der Waals surface area contributed by atoms with Crippen molar-refractivity contribution >= 4 is 0 Å². The van der Waals surface area contributed by atoms with Crippen LogP contribution < -0.4 is 0 Å². The molecular weight excluding hydrogens is 592 g/mol. The average molecular weight is 629 g/mol. The summed E-state index contributed by atoms with van der Waals surface area (Å²) in [6.45, 7) is -1.64. The summed E-state index contributed by atoms with van der Waals surface area (Å²) in [5, 5.41) is 0. The van der Waals surface area contributed by atoms with E-state index in [4.69, 9.17) is 9.47 Å². The van der Waals surface area contributed by atoms with Crippen LogP contribution in [-0.4, -0.2) is 69.1 Å². The van der Waals surface area contributed by atoms with E-state index in [0.717, 1.165) is 19.3 Å². The second-order valence-corrected chi connectivity index (χ2v) is 10.6. The van der Waals surface area contributed by atoms with Gasteiger partial charge in [0.05, 0.1) is 19.8 Å². The second-order valence-electron chi connectivity index (χ2n) is 10.6. The predicted octanol–water partition coefficient (Wildman–Crippen LogP) is 8.53. The summed E-state index contributed by atoms with van der Waals surface area (Å²) >= 11 is 0. The molecule has 0 saturated heterocycles. The lowest BCUT2D eigenvalue weighted by molar-refractivity contribution is -0.418. The van der Waals surface area contributed by atoms with Gasteiger partial charge in [-0.1, -0.05) is 26.2 Å². The van der Waals surface area contributed by atoms with Crippen LogP contribution in [0.15, 0.2) is 0 Å². The molecule has 2 rings (SSSR count). The number of hydrogen-bond acceptors (Lipinski definition) is 4. The second kappa shape index (κ2) is 14.2. The highest BCUT2D eigenvalue weighted by Crippen LogP contribution is 2.59. The van der Waals surface area contributed by atoms with Gasteiger partial charge < -0.3 is 18.9 Å². The van der Waals surface area contributed by atoms with E-state index in [2.05, 4.69) is 9.47 Å². The summed E-state index contributed by atoms with van der Waals surface area (Å²) in [6.07, 6.45) is -25.0. The molecule has 244 valence electrons. The molecule has 2 saturated carbocycles. The zero-order valence-corrected chi connectivity index (χ0v) is 22.5. The number of hydrogen-bond donors (Lipinski definition) is 0. The zero-order valence-electron chi connectivity index (χ0n) is 22.5. The van der Waals surface area contributed by atoms with Gasteiger partial charge in [0, 0.05) is 18.4 Å². The highest BCUT2D eigenvalue weighted by Gasteiger charge is 2.78. The van der Waals surface area contributed by atoms with E-state index < -0.39 is 93.4 Å². The molecule has 2 aliphatic rings. The van der Waals surface area contributed by atoms with Crippen molar-refractivity contribution in [2.75, 3.05) is 33.2 Å². The third-order valence-corrected chi connectivity index (χ3v) is 7.92. The van der Waals surface area contributed by atoms with Crippen LogP contribution in [0, 0.1) is 17.8 Å². The summed E-state index contributed by atoms with van der Waals surface area (Å²) in [4.78, 5) is 0. The molecule has 0 aromatic carbocycles. The zero-order chi connectivity index (χ0) is 31.2. The van der Waals surface area contributed by atoms with E-state index in [1.54, 1.807) is 6.92 Å². The topological polar surface area (TPSA) is 36.9 Å². The predicted molar refractivity (Wildman–Crippen MR) is 121 cm³/mol. The molecule has 0 aromatic heterocycles. The van der Waals surface area contributed by atoms with E-state index in [9.17, 15) is 52.7 Å². The van der Waals surface area contributed by atoms with Gasteiger partial charge in [-0.15, -0.1) is 0 Å². The Balaban J connectivity index is 2.27. The fourth-order valence-electron chi connectivity index (χ4n) is 5.93. The Bertz CT molecular complexity index is 737. The minimum absolute atomic E-state index is 0.0286. The van der Waals surface area contributed by atoms with Crippen molar-refractivity contribution in [1.29, 1.82) is 0 Å². The van der Waals surface area contributed by atoms with E-state index in [-0.39, 0.29) is 19.1 Å². The molecule has 0 N–H and O–H groups in total. The highest BCUT2D eigenvalue weighted by atomic mass is 19.4. The lowest BCUT2D eigenvalue weighted by Gasteiger charge is -2.48. The summed E-state index contributed by atoms with van der Waals surface area (Å²) in [5.74, 6) is -5.07. The summed E-state index contributed by atoms with van der Waals surface area (Å²) in [6, 6.07) is 0. The van der Waals surface area contributed by atoms with Gasteiger partial charge in [-0.3, -0.25) is 0 Å². The SMILES string of the molecule is CCCOCCOC(C1CCC(C(OCOCC2CCCCC2)(C(F)(F)F)C(F)(F)F)CC1)(C(F)(F)F)C(F)(F)F. The Hall–Kier alpha value is -1.00. The Morgan fingerprint density at radius 3 is 1.37 bits per heavy atom. The Morgan fingerprint density at radius 2 is 0.951 bits per heavy atom. The van der Waals surface area contributed by atoms with Crippen molar-refractivity contribution in [1.82, 2.24) is 0 Å². The van der Waals surface area contributed by atoms with E-state index >= 15 is 0 Å². The first-order chi connectivity index (χ1) is 18.8. The minimum Gasteiger partial charge on any atom is -0.379 e. The Labute approximate surface area is 230 Å². The largest absolute Gasteiger partial charge is 0.426 e. The van der Waals surface area contributed by atoms with E-state index in [1.165, 1.54) is 0 Å². The molecule has 0 heterocycles. The molecule has 0 aromatic rings. The van der Waals surface area contributed by atoms with Gasteiger partial charge in [0.25, 0.3) is 11.2 Å². The van der Waals surface area contributed by atoms with Crippen molar-refractivity contribution in [3.05, 3.63) is 0 Å². The van der Waals surface area contributed by atoms with Crippen LogP contribution >= 0.6 is 0 Å². The molecule has 0 aliphatic heterocycles. The number of alkyl halides is 12. The van der Waals surface area contributed by atoms with Crippen LogP contribution in [0.3, 0.4) is 0 Å². The van der Waals surface area contributed by atoms with Crippen LogP contribution in [0.2, 0.25) is 0 Å². The molecule has 0 spiro atoms. The van der Waals surface area contributed by atoms with Gasteiger partial charge in [0.15, 0.2) is 0 Å². The Morgan fingerprint density at radius 1 is 0.512 bits per heavy atom. The molecule has 2 aliphatic carbocycles. The quantitative estimate of drug-likeness (QED) is 0.116. The van der Waals surface area contributed by atoms with Crippen LogP contribution in [0.1, 0.15) is 71.1 Å². The van der Waals surface area contributed by atoms with Crippen molar-refractivity contribution in [3.8, 4) is 0 Å². The minimum atomic E-state index is -6.09. The standard InChI is InChI=1S/C25H36F12O4/c1-2-12-38-13-14-40-20(22(26,27)28,23(29,30)31)18-8-10-19(11-9-18)21(24(32,33)34,25(35,36)37)41-16-39-15-17-6-4-3-5-7-17/h17-19H,2-16H2,1H3. The maximum absolute atomic E-state index is 14.1. The first kappa shape index (κ1) is 36.2. The summed E-state index contributed by atoms with van der Waals surface area (Å²) in [5.41, 5.74) is -9.64. The molecule has 0 amide bonds. The number of halogens is 12. The highest BCUT2D eigenvalue weighted by molar-refractivity contribution is 5.07. The lowest BCUT2D eigenvalue weighted by atomic mass is 9.67. The number of ether oxygens (including phenoxy) is 4. The average Bonchev–Trinajstić information content (AvgIpc) is 2.84. The first-order valence-electron chi connectivity index (χ1n) is 13.6. The summed E-state index contributed by atoms with van der Waals surface area (Å²) < 4.78 is 187. The van der Waals surface area contributed by atoms with E-state index in [1.807, 2.05) is 0 Å². The van der Waals surface area contributed by atoms with Gasteiger partial charge in [-0.05, 0) is 50.9 Å². The first-order valence-corrected chi connectivity index (χ1v) is 13.6. The van der Waals surface area contributed by atoms with Crippen molar-refractivity contribution in [3.63, 3.8) is 0 Å². The maximum atomic E-state index is 14.1.